The second-order valence-electron chi connectivity index (χ2n) is 11.9. The fourth-order valence-corrected chi connectivity index (χ4v) is 7.34. The third-order valence-corrected chi connectivity index (χ3v) is 10.4. The Morgan fingerprint density at radius 1 is 1.10 bits per heavy atom. The molecule has 2 saturated heterocycles. The smallest absolute Gasteiger partial charge is 0.258 e. The number of sulfonamides is 1. The minimum Gasteiger partial charge on any atom is -0.489 e. The van der Waals surface area contributed by atoms with Gasteiger partial charge in [-0.1, -0.05) is 0 Å². The Labute approximate surface area is 228 Å². The zero-order valence-corrected chi connectivity index (χ0v) is 22.8. The molecule has 2 aromatic rings. The lowest BCUT2D eigenvalue weighted by Gasteiger charge is -2.35. The van der Waals surface area contributed by atoms with Gasteiger partial charge >= 0.3 is 0 Å². The van der Waals surface area contributed by atoms with Gasteiger partial charge in [0.25, 0.3) is 5.91 Å². The number of carbonyl (C=O) groups excluding carboxylic acids is 1. The van der Waals surface area contributed by atoms with Gasteiger partial charge in [0.05, 0.1) is 35.9 Å². The minimum absolute atomic E-state index is 0.275. The van der Waals surface area contributed by atoms with Crippen LogP contribution in [0.15, 0.2) is 24.3 Å². The van der Waals surface area contributed by atoms with E-state index in [0.717, 1.165) is 74.4 Å². The second kappa shape index (κ2) is 9.26. The average molecular weight is 554 g/mol. The number of hydrogen-bond donors (Lipinski definition) is 3. The van der Waals surface area contributed by atoms with Crippen molar-refractivity contribution in [2.45, 2.75) is 38.5 Å². The second-order valence-corrected chi connectivity index (χ2v) is 13.7. The number of fused-ring (bicyclic) bond motifs is 2. The number of rotatable bonds is 8. The molecule has 0 bridgehead atoms. The number of carbonyl (C=O) groups is 1. The first-order valence-electron chi connectivity index (χ1n) is 14.0. The van der Waals surface area contributed by atoms with Crippen molar-refractivity contribution in [1.29, 1.82) is 0 Å². The average Bonchev–Trinajstić information content (AvgIpc) is 3.73. The molecule has 1 amide bonds. The summed E-state index contributed by atoms with van der Waals surface area (Å²) < 4.78 is 33.1. The molecule has 1 aromatic carbocycles. The topological polar surface area (TPSA) is 124 Å². The van der Waals surface area contributed by atoms with Crippen molar-refractivity contribution in [2.24, 2.45) is 17.3 Å². The molecule has 10 nitrogen and oxygen atoms in total. The van der Waals surface area contributed by atoms with Gasteiger partial charge in [-0.25, -0.2) is 13.4 Å². The monoisotopic (exact) mass is 553 g/mol. The molecule has 2 atom stereocenters. The summed E-state index contributed by atoms with van der Waals surface area (Å²) in [5.74, 6) is 3.02. The zero-order chi connectivity index (χ0) is 26.8. The number of aliphatic hydroxyl groups excluding tert-OH is 1. The van der Waals surface area contributed by atoms with Crippen LogP contribution in [0.3, 0.4) is 0 Å². The lowest BCUT2D eigenvalue weighted by molar-refractivity contribution is 0.102. The van der Waals surface area contributed by atoms with Gasteiger partial charge in [0.1, 0.15) is 5.82 Å². The molecule has 4 heterocycles. The van der Waals surface area contributed by atoms with Crippen molar-refractivity contribution in [3.8, 4) is 5.75 Å². The highest BCUT2D eigenvalue weighted by Crippen LogP contribution is 2.54. The van der Waals surface area contributed by atoms with Crippen molar-refractivity contribution in [2.75, 3.05) is 65.0 Å². The highest BCUT2D eigenvalue weighted by molar-refractivity contribution is 7.92. The van der Waals surface area contributed by atoms with Crippen LogP contribution >= 0.6 is 0 Å². The molecule has 1 aromatic heterocycles. The van der Waals surface area contributed by atoms with E-state index in [1.54, 1.807) is 18.2 Å². The van der Waals surface area contributed by atoms with Crippen LogP contribution in [0.1, 0.15) is 48.0 Å². The van der Waals surface area contributed by atoms with Crippen molar-refractivity contribution < 1.29 is 23.1 Å². The van der Waals surface area contributed by atoms with Crippen LogP contribution in [0.25, 0.3) is 0 Å². The van der Waals surface area contributed by atoms with E-state index < -0.39 is 16.6 Å². The summed E-state index contributed by atoms with van der Waals surface area (Å²) >= 11 is 0. The summed E-state index contributed by atoms with van der Waals surface area (Å²) in [6, 6.07) is 6.93. The summed E-state index contributed by atoms with van der Waals surface area (Å²) in [7, 11) is -3.69. The highest BCUT2D eigenvalue weighted by Gasteiger charge is 2.47. The minimum atomic E-state index is -3.69. The molecule has 5 aliphatic rings. The summed E-state index contributed by atoms with van der Waals surface area (Å²) in [6.07, 6.45) is 6.76. The number of amides is 1. The van der Waals surface area contributed by atoms with Crippen LogP contribution in [0.4, 0.5) is 23.0 Å². The number of nitrogens with one attached hydrogen (secondary N) is 2. The van der Waals surface area contributed by atoms with Crippen LogP contribution < -0.4 is 24.6 Å². The SMILES string of the molecule is O=C(Nc1cc2c(c(N3CC4CC4C3)n1)OCC2)c1ccc(NS(=O)(=O)CCO)cc1N1CCC2(CC1)CC2. The predicted octanol–water partition coefficient (Wildman–Crippen LogP) is 2.84. The van der Waals surface area contributed by atoms with Crippen molar-refractivity contribution >= 4 is 38.9 Å². The first-order valence-corrected chi connectivity index (χ1v) is 15.7. The van der Waals surface area contributed by atoms with E-state index >= 15 is 0 Å². The first kappa shape index (κ1) is 25.0. The number of aliphatic hydroxyl groups is 1. The number of ether oxygens (including phenoxy) is 1. The maximum atomic E-state index is 13.7. The molecule has 3 N–H and O–H groups in total. The summed E-state index contributed by atoms with van der Waals surface area (Å²) in [4.78, 5) is 23.0. The molecule has 4 fully saturated rings. The van der Waals surface area contributed by atoms with E-state index in [-0.39, 0.29) is 11.7 Å². The van der Waals surface area contributed by atoms with E-state index in [1.165, 1.54) is 19.3 Å². The fourth-order valence-electron chi connectivity index (χ4n) is 6.51. The molecular formula is C28H35N5O5S. The normalized spacial score (nSPS) is 24.2. The van der Waals surface area contributed by atoms with E-state index in [9.17, 15) is 13.2 Å². The Balaban J connectivity index is 1.17. The Hall–Kier alpha value is -3.05. The van der Waals surface area contributed by atoms with Gasteiger partial charge in [-0.05, 0) is 73.6 Å². The fraction of sp³-hybridized carbons (Fsp3) is 0.571. The molecule has 208 valence electrons. The van der Waals surface area contributed by atoms with Gasteiger partial charge in [0.2, 0.25) is 10.0 Å². The Morgan fingerprint density at radius 2 is 1.87 bits per heavy atom. The molecule has 1 spiro atoms. The molecule has 2 saturated carbocycles. The molecular weight excluding hydrogens is 518 g/mol. The quantitative estimate of drug-likeness (QED) is 0.456. The molecule has 11 heteroatoms. The largest absolute Gasteiger partial charge is 0.489 e. The number of benzene rings is 1. The van der Waals surface area contributed by atoms with Crippen molar-refractivity contribution in [1.82, 2.24) is 4.98 Å². The third-order valence-electron chi connectivity index (χ3n) is 9.17. The maximum absolute atomic E-state index is 13.7. The summed E-state index contributed by atoms with van der Waals surface area (Å²) in [5, 5.41) is 12.2. The van der Waals surface area contributed by atoms with E-state index in [2.05, 4.69) is 19.8 Å². The number of piperidine rings is 2. The molecule has 2 aliphatic carbocycles. The van der Waals surface area contributed by atoms with Crippen molar-refractivity contribution in [3.05, 3.63) is 35.4 Å². The van der Waals surface area contributed by atoms with Crippen LogP contribution in [-0.4, -0.2) is 69.6 Å². The van der Waals surface area contributed by atoms with Crippen LogP contribution in [-0.2, 0) is 16.4 Å². The predicted molar refractivity (Wildman–Crippen MR) is 149 cm³/mol. The zero-order valence-electron chi connectivity index (χ0n) is 22.0. The number of hydrogen-bond acceptors (Lipinski definition) is 8. The summed E-state index contributed by atoms with van der Waals surface area (Å²) in [5.41, 5.74) is 3.09. The lowest BCUT2D eigenvalue weighted by atomic mass is 9.93. The van der Waals surface area contributed by atoms with Crippen LogP contribution in [0.5, 0.6) is 5.75 Å². The standard InChI is InChI=1S/C28H35N5O5S/c34-10-12-39(36,37)31-21-1-2-22(23(15-21)32-8-6-28(4-5-28)7-9-32)27(35)30-24-14-18-3-11-38-25(18)26(29-24)33-16-19-13-20(19)17-33/h1-2,14-15,19-20,31,34H,3-13,16-17H2,(H,29,30,35). The van der Waals surface area contributed by atoms with E-state index in [4.69, 9.17) is 14.8 Å². The third kappa shape index (κ3) is 4.91. The van der Waals surface area contributed by atoms with Crippen LogP contribution in [0, 0.1) is 17.3 Å². The first-order chi connectivity index (χ1) is 18.8. The van der Waals surface area contributed by atoms with Gasteiger partial charge in [-0.15, -0.1) is 0 Å². The Bertz CT molecular complexity index is 1410. The van der Waals surface area contributed by atoms with Gasteiger partial charge in [0, 0.05) is 38.2 Å². The van der Waals surface area contributed by atoms with Crippen molar-refractivity contribution in [3.63, 3.8) is 0 Å². The molecule has 2 unspecified atom stereocenters. The van der Waals surface area contributed by atoms with Gasteiger partial charge in [-0.3, -0.25) is 9.52 Å². The lowest BCUT2D eigenvalue weighted by Crippen LogP contribution is -2.35. The van der Waals surface area contributed by atoms with E-state index in [0.29, 0.717) is 34.8 Å². The Kier molecular flexibility index (Phi) is 5.93. The summed E-state index contributed by atoms with van der Waals surface area (Å²) in [6.45, 7) is 3.77. The number of aromatic nitrogens is 1. The van der Waals surface area contributed by atoms with Gasteiger partial charge in [-0.2, -0.15) is 0 Å². The molecule has 7 rings (SSSR count). The van der Waals surface area contributed by atoms with E-state index in [1.807, 2.05) is 6.07 Å². The molecule has 39 heavy (non-hydrogen) atoms. The van der Waals surface area contributed by atoms with Gasteiger partial charge < -0.3 is 25.0 Å². The van der Waals surface area contributed by atoms with Crippen LogP contribution in [0.2, 0.25) is 0 Å². The number of nitrogens with zero attached hydrogens (tertiary/aromatic N) is 3. The number of pyridine rings is 1. The highest BCUT2D eigenvalue weighted by atomic mass is 32.2. The maximum Gasteiger partial charge on any atom is 0.258 e. The number of anilines is 4. The van der Waals surface area contributed by atoms with Gasteiger partial charge in [0.15, 0.2) is 11.6 Å². The molecule has 3 aliphatic heterocycles. The molecule has 0 radical (unpaired) electrons. The Morgan fingerprint density at radius 3 is 2.59 bits per heavy atom.